The van der Waals surface area contributed by atoms with Crippen LogP contribution in [0.25, 0.3) is 0 Å². The lowest BCUT2D eigenvalue weighted by molar-refractivity contribution is 0.282. The third-order valence-corrected chi connectivity index (χ3v) is 3.03. The van der Waals surface area contributed by atoms with Crippen LogP contribution in [0.1, 0.15) is 5.56 Å². The van der Waals surface area contributed by atoms with E-state index in [9.17, 15) is 9.50 Å². The van der Waals surface area contributed by atoms with Gasteiger partial charge < -0.3 is 10.0 Å². The van der Waals surface area contributed by atoms with Crippen molar-refractivity contribution in [1.82, 2.24) is 0 Å². The molecule has 0 aromatic heterocycles. The van der Waals surface area contributed by atoms with Gasteiger partial charge in [-0.2, -0.15) is 0 Å². The van der Waals surface area contributed by atoms with Gasteiger partial charge in [0.25, 0.3) is 0 Å². The third-order valence-electron chi connectivity index (χ3n) is 2.79. The SMILES string of the molecule is CN(c1ccc(F)cc1)c1cc(Cl)ccc1CO. The number of aliphatic hydroxyl groups excluding tert-OH is 1. The van der Waals surface area contributed by atoms with Crippen molar-refractivity contribution < 1.29 is 9.50 Å². The van der Waals surface area contributed by atoms with Gasteiger partial charge in [0.1, 0.15) is 5.82 Å². The number of benzene rings is 2. The molecule has 0 aliphatic carbocycles. The first-order chi connectivity index (χ1) is 8.61. The van der Waals surface area contributed by atoms with Crippen LogP contribution in [0.3, 0.4) is 0 Å². The van der Waals surface area contributed by atoms with Crippen molar-refractivity contribution in [3.8, 4) is 0 Å². The normalized spacial score (nSPS) is 10.4. The van der Waals surface area contributed by atoms with E-state index in [4.69, 9.17) is 11.6 Å². The fourth-order valence-electron chi connectivity index (χ4n) is 1.79. The number of aliphatic hydroxyl groups is 1. The molecule has 0 spiro atoms. The molecule has 94 valence electrons. The van der Waals surface area contributed by atoms with Crippen molar-refractivity contribution in [3.63, 3.8) is 0 Å². The van der Waals surface area contributed by atoms with E-state index in [0.717, 1.165) is 16.9 Å². The Morgan fingerprint density at radius 1 is 1.17 bits per heavy atom. The second-order valence-corrected chi connectivity index (χ2v) is 4.40. The number of halogens is 2. The van der Waals surface area contributed by atoms with Gasteiger partial charge in [-0.3, -0.25) is 0 Å². The Hall–Kier alpha value is -1.58. The highest BCUT2D eigenvalue weighted by Gasteiger charge is 2.09. The molecule has 4 heteroatoms. The van der Waals surface area contributed by atoms with Crippen LogP contribution in [0, 0.1) is 5.82 Å². The van der Waals surface area contributed by atoms with E-state index in [0.29, 0.717) is 5.02 Å². The van der Waals surface area contributed by atoms with Gasteiger partial charge >= 0.3 is 0 Å². The molecule has 2 aromatic rings. The molecule has 0 aliphatic heterocycles. The van der Waals surface area contributed by atoms with E-state index in [1.54, 1.807) is 30.3 Å². The number of anilines is 2. The monoisotopic (exact) mass is 265 g/mol. The number of rotatable bonds is 3. The molecule has 0 heterocycles. The summed E-state index contributed by atoms with van der Waals surface area (Å²) in [7, 11) is 1.85. The number of hydrogen-bond acceptors (Lipinski definition) is 2. The molecular weight excluding hydrogens is 253 g/mol. The van der Waals surface area contributed by atoms with Crippen molar-refractivity contribution in [2.24, 2.45) is 0 Å². The molecule has 0 bridgehead atoms. The Morgan fingerprint density at radius 2 is 1.83 bits per heavy atom. The van der Waals surface area contributed by atoms with Gasteiger partial charge in [-0.05, 0) is 36.4 Å². The highest BCUT2D eigenvalue weighted by atomic mass is 35.5. The third kappa shape index (κ3) is 2.63. The first-order valence-electron chi connectivity index (χ1n) is 5.50. The largest absolute Gasteiger partial charge is 0.392 e. The topological polar surface area (TPSA) is 23.5 Å². The number of hydrogen-bond donors (Lipinski definition) is 1. The summed E-state index contributed by atoms with van der Waals surface area (Å²) in [4.78, 5) is 1.86. The molecule has 2 aromatic carbocycles. The van der Waals surface area contributed by atoms with Crippen molar-refractivity contribution >= 4 is 23.0 Å². The summed E-state index contributed by atoms with van der Waals surface area (Å²) in [6.45, 7) is -0.0714. The maximum absolute atomic E-state index is 12.9. The second kappa shape index (κ2) is 5.38. The summed E-state index contributed by atoms with van der Waals surface area (Å²) in [6.07, 6.45) is 0. The van der Waals surface area contributed by atoms with E-state index < -0.39 is 0 Å². The first kappa shape index (κ1) is 12.9. The standard InChI is InChI=1S/C14H13ClFNO/c1-17(13-6-4-12(16)5-7-13)14-8-11(15)3-2-10(14)9-18/h2-8,18H,9H2,1H3. The van der Waals surface area contributed by atoms with Crippen molar-refractivity contribution in [2.75, 3.05) is 11.9 Å². The highest BCUT2D eigenvalue weighted by Crippen LogP contribution is 2.29. The minimum absolute atomic E-state index is 0.0714. The van der Waals surface area contributed by atoms with E-state index in [1.807, 2.05) is 11.9 Å². The minimum Gasteiger partial charge on any atom is -0.392 e. The Kier molecular flexibility index (Phi) is 3.84. The van der Waals surface area contributed by atoms with E-state index in [-0.39, 0.29) is 12.4 Å². The van der Waals surface area contributed by atoms with Crippen molar-refractivity contribution in [3.05, 3.63) is 58.9 Å². The predicted octanol–water partition coefficient (Wildman–Crippen LogP) is 3.74. The molecular formula is C14H13ClFNO. The molecule has 0 fully saturated rings. The Bertz CT molecular complexity index is 542. The lowest BCUT2D eigenvalue weighted by Gasteiger charge is -2.22. The molecule has 2 rings (SSSR count). The fraction of sp³-hybridized carbons (Fsp3) is 0.143. The van der Waals surface area contributed by atoms with Crippen LogP contribution < -0.4 is 4.90 Å². The van der Waals surface area contributed by atoms with Crippen LogP contribution in [0.15, 0.2) is 42.5 Å². The minimum atomic E-state index is -0.277. The van der Waals surface area contributed by atoms with Crippen LogP contribution in [-0.4, -0.2) is 12.2 Å². The smallest absolute Gasteiger partial charge is 0.123 e. The van der Waals surface area contributed by atoms with E-state index >= 15 is 0 Å². The molecule has 0 saturated carbocycles. The zero-order chi connectivity index (χ0) is 13.1. The maximum atomic E-state index is 12.9. The van der Waals surface area contributed by atoms with Crippen LogP contribution in [0.2, 0.25) is 5.02 Å². The predicted molar refractivity (Wildman–Crippen MR) is 71.8 cm³/mol. The van der Waals surface area contributed by atoms with Crippen LogP contribution in [-0.2, 0) is 6.61 Å². The fourth-order valence-corrected chi connectivity index (χ4v) is 1.95. The molecule has 18 heavy (non-hydrogen) atoms. The maximum Gasteiger partial charge on any atom is 0.123 e. The van der Waals surface area contributed by atoms with Crippen molar-refractivity contribution in [2.45, 2.75) is 6.61 Å². The Balaban J connectivity index is 2.41. The molecule has 0 saturated heterocycles. The summed E-state index contributed by atoms with van der Waals surface area (Å²) in [5, 5.41) is 9.91. The number of nitrogens with zero attached hydrogens (tertiary/aromatic N) is 1. The highest BCUT2D eigenvalue weighted by molar-refractivity contribution is 6.30. The summed E-state index contributed by atoms with van der Waals surface area (Å²) >= 11 is 5.96. The molecule has 1 N–H and O–H groups in total. The first-order valence-corrected chi connectivity index (χ1v) is 5.88. The van der Waals surface area contributed by atoms with Gasteiger partial charge in [0.15, 0.2) is 0 Å². The van der Waals surface area contributed by atoms with Gasteiger partial charge in [-0.15, -0.1) is 0 Å². The van der Waals surface area contributed by atoms with E-state index in [1.165, 1.54) is 12.1 Å². The average molecular weight is 266 g/mol. The van der Waals surface area contributed by atoms with Gasteiger partial charge in [0.05, 0.1) is 6.61 Å². The lowest BCUT2D eigenvalue weighted by atomic mass is 10.1. The summed E-state index contributed by atoms with van der Waals surface area (Å²) in [5.41, 5.74) is 2.40. The van der Waals surface area contributed by atoms with Crippen LogP contribution >= 0.6 is 11.6 Å². The molecule has 2 nitrogen and oxygen atoms in total. The summed E-state index contributed by atoms with van der Waals surface area (Å²) in [5.74, 6) is -0.277. The molecule has 0 aliphatic rings. The summed E-state index contributed by atoms with van der Waals surface area (Å²) in [6, 6.07) is 11.4. The summed E-state index contributed by atoms with van der Waals surface area (Å²) < 4.78 is 12.9. The molecule has 0 amide bonds. The van der Waals surface area contributed by atoms with Crippen LogP contribution in [0.4, 0.5) is 15.8 Å². The van der Waals surface area contributed by atoms with Gasteiger partial charge in [0.2, 0.25) is 0 Å². The molecule has 0 atom stereocenters. The quantitative estimate of drug-likeness (QED) is 0.914. The Morgan fingerprint density at radius 3 is 2.44 bits per heavy atom. The zero-order valence-electron chi connectivity index (χ0n) is 9.90. The molecule has 0 radical (unpaired) electrons. The zero-order valence-corrected chi connectivity index (χ0v) is 10.7. The van der Waals surface area contributed by atoms with Gasteiger partial charge in [-0.25, -0.2) is 4.39 Å². The van der Waals surface area contributed by atoms with E-state index in [2.05, 4.69) is 0 Å². The van der Waals surface area contributed by atoms with Crippen LogP contribution in [0.5, 0.6) is 0 Å². The van der Waals surface area contributed by atoms with Gasteiger partial charge in [-0.1, -0.05) is 17.7 Å². The van der Waals surface area contributed by atoms with Gasteiger partial charge in [0, 0.05) is 29.0 Å². The second-order valence-electron chi connectivity index (χ2n) is 3.97. The Labute approximate surface area is 110 Å². The van der Waals surface area contributed by atoms with Crippen molar-refractivity contribution in [1.29, 1.82) is 0 Å². The molecule has 0 unspecified atom stereocenters. The average Bonchev–Trinajstić information content (AvgIpc) is 2.39. The lowest BCUT2D eigenvalue weighted by Crippen LogP contribution is -2.11.